The summed E-state index contributed by atoms with van der Waals surface area (Å²) in [5.74, 6) is 7.48. The van der Waals surface area contributed by atoms with Gasteiger partial charge in [0.2, 0.25) is 11.1 Å². The van der Waals surface area contributed by atoms with E-state index >= 15 is 0 Å². The SMILES string of the molecule is Cc1ccc(-c2nnc(SCC(=O)NC[C@H]3CN(CC(C)C)CCO3)n2N)cc1. The smallest absolute Gasteiger partial charge is 0.230 e. The quantitative estimate of drug-likeness (QED) is 0.495. The molecular weight excluding hydrogens is 388 g/mol. The molecule has 158 valence electrons. The first-order valence-corrected chi connectivity index (χ1v) is 10.9. The molecule has 1 amide bonds. The van der Waals surface area contributed by atoms with Gasteiger partial charge in [-0.2, -0.15) is 0 Å². The minimum Gasteiger partial charge on any atom is -0.374 e. The number of nitrogens with zero attached hydrogens (tertiary/aromatic N) is 4. The molecule has 1 aromatic heterocycles. The number of carbonyl (C=O) groups excluding carboxylic acids is 1. The van der Waals surface area contributed by atoms with Crippen LogP contribution in [0.1, 0.15) is 19.4 Å². The Morgan fingerprint density at radius 1 is 1.34 bits per heavy atom. The maximum absolute atomic E-state index is 12.2. The number of nitrogens with one attached hydrogen (secondary N) is 1. The Hall–Kier alpha value is -2.10. The number of hydrogen-bond acceptors (Lipinski definition) is 7. The highest BCUT2D eigenvalue weighted by Crippen LogP contribution is 2.21. The number of aryl methyl sites for hydroxylation is 1. The lowest BCUT2D eigenvalue weighted by Gasteiger charge is -2.33. The number of nitrogens with two attached hydrogens (primary N) is 1. The molecule has 8 nitrogen and oxygen atoms in total. The lowest BCUT2D eigenvalue weighted by atomic mass is 10.1. The van der Waals surface area contributed by atoms with Crippen molar-refractivity contribution in [3.05, 3.63) is 29.8 Å². The molecule has 0 spiro atoms. The van der Waals surface area contributed by atoms with Gasteiger partial charge in [-0.1, -0.05) is 55.4 Å². The number of morpholine rings is 1. The first-order valence-electron chi connectivity index (χ1n) is 9.93. The van der Waals surface area contributed by atoms with Crippen LogP contribution >= 0.6 is 11.8 Å². The summed E-state index contributed by atoms with van der Waals surface area (Å²) in [6.07, 6.45) is 0.0303. The predicted molar refractivity (Wildman–Crippen MR) is 115 cm³/mol. The molecule has 1 fully saturated rings. The van der Waals surface area contributed by atoms with Gasteiger partial charge in [0.1, 0.15) is 0 Å². The standard InChI is InChI=1S/C20H30N6O2S/c1-14(2)11-25-8-9-28-17(12-25)10-22-18(27)13-29-20-24-23-19(26(20)21)16-6-4-15(3)5-7-16/h4-7,14,17H,8-13,21H2,1-3H3,(H,22,27)/t17-/m0/s1. The van der Waals surface area contributed by atoms with E-state index in [1.165, 1.54) is 16.4 Å². The molecule has 1 saturated heterocycles. The average Bonchev–Trinajstić information content (AvgIpc) is 3.05. The van der Waals surface area contributed by atoms with Gasteiger partial charge >= 0.3 is 0 Å². The molecule has 2 heterocycles. The Morgan fingerprint density at radius 3 is 2.83 bits per heavy atom. The summed E-state index contributed by atoms with van der Waals surface area (Å²) in [6.45, 7) is 10.5. The molecule has 0 aliphatic carbocycles. The average molecular weight is 419 g/mol. The van der Waals surface area contributed by atoms with Gasteiger partial charge in [-0.25, -0.2) is 4.68 Å². The molecule has 0 saturated carbocycles. The Morgan fingerprint density at radius 2 is 2.10 bits per heavy atom. The van der Waals surface area contributed by atoms with Gasteiger partial charge in [0, 0.05) is 31.7 Å². The molecule has 1 aromatic carbocycles. The van der Waals surface area contributed by atoms with Gasteiger partial charge in [0.15, 0.2) is 5.82 Å². The van der Waals surface area contributed by atoms with E-state index in [-0.39, 0.29) is 17.8 Å². The van der Waals surface area contributed by atoms with Crippen LogP contribution < -0.4 is 11.2 Å². The first kappa shape index (κ1) is 21.6. The maximum atomic E-state index is 12.2. The summed E-state index contributed by atoms with van der Waals surface area (Å²) in [6, 6.07) is 7.91. The summed E-state index contributed by atoms with van der Waals surface area (Å²) >= 11 is 1.27. The molecule has 0 radical (unpaired) electrons. The zero-order valence-electron chi connectivity index (χ0n) is 17.3. The van der Waals surface area contributed by atoms with E-state index in [4.69, 9.17) is 10.6 Å². The van der Waals surface area contributed by atoms with E-state index in [1.54, 1.807) is 0 Å². The van der Waals surface area contributed by atoms with Crippen molar-refractivity contribution in [3.63, 3.8) is 0 Å². The normalized spacial score (nSPS) is 17.6. The van der Waals surface area contributed by atoms with Gasteiger partial charge < -0.3 is 15.9 Å². The van der Waals surface area contributed by atoms with Crippen molar-refractivity contribution < 1.29 is 9.53 Å². The van der Waals surface area contributed by atoms with Gasteiger partial charge in [-0.3, -0.25) is 9.69 Å². The number of rotatable bonds is 8. The van der Waals surface area contributed by atoms with Gasteiger partial charge in [0.25, 0.3) is 0 Å². The second-order valence-electron chi connectivity index (χ2n) is 7.78. The van der Waals surface area contributed by atoms with Crippen LogP contribution in [0.15, 0.2) is 29.4 Å². The topological polar surface area (TPSA) is 98.3 Å². The fraction of sp³-hybridized carbons (Fsp3) is 0.550. The van der Waals surface area contributed by atoms with E-state index in [0.717, 1.165) is 30.8 Å². The monoisotopic (exact) mass is 418 g/mol. The molecule has 3 rings (SSSR count). The summed E-state index contributed by atoms with van der Waals surface area (Å²) in [5.41, 5.74) is 2.06. The number of nitrogen functional groups attached to an aromatic ring is 1. The van der Waals surface area contributed by atoms with Crippen molar-refractivity contribution in [1.82, 2.24) is 25.1 Å². The summed E-state index contributed by atoms with van der Waals surface area (Å²) in [7, 11) is 0. The minimum absolute atomic E-state index is 0.0303. The van der Waals surface area contributed by atoms with Crippen LogP contribution in [0.5, 0.6) is 0 Å². The number of hydrogen-bond donors (Lipinski definition) is 2. The molecule has 3 N–H and O–H groups in total. The van der Waals surface area contributed by atoms with E-state index in [0.29, 0.717) is 30.1 Å². The largest absolute Gasteiger partial charge is 0.374 e. The number of carbonyl (C=O) groups is 1. The Balaban J connectivity index is 1.45. The fourth-order valence-electron chi connectivity index (χ4n) is 3.27. The zero-order chi connectivity index (χ0) is 20.8. The summed E-state index contributed by atoms with van der Waals surface area (Å²) in [4.78, 5) is 14.6. The molecule has 2 aromatic rings. The number of thioether (sulfide) groups is 1. The highest BCUT2D eigenvalue weighted by molar-refractivity contribution is 7.99. The number of amides is 1. The Labute approximate surface area is 176 Å². The van der Waals surface area contributed by atoms with E-state index in [9.17, 15) is 4.79 Å². The van der Waals surface area contributed by atoms with Crippen molar-refractivity contribution in [2.75, 3.05) is 44.4 Å². The third kappa shape index (κ3) is 6.19. The predicted octanol–water partition coefficient (Wildman–Crippen LogP) is 1.53. The van der Waals surface area contributed by atoms with Gasteiger partial charge in [-0.05, 0) is 12.8 Å². The van der Waals surface area contributed by atoms with E-state index in [1.807, 2.05) is 31.2 Å². The van der Waals surface area contributed by atoms with Crippen LogP contribution in [0, 0.1) is 12.8 Å². The zero-order valence-corrected chi connectivity index (χ0v) is 18.1. The summed E-state index contributed by atoms with van der Waals surface area (Å²) < 4.78 is 7.20. The Bertz CT molecular complexity index is 808. The Kier molecular flexibility index (Phi) is 7.51. The van der Waals surface area contributed by atoms with Gasteiger partial charge in [-0.15, -0.1) is 10.2 Å². The highest BCUT2D eigenvalue weighted by Gasteiger charge is 2.21. The van der Waals surface area contributed by atoms with E-state index in [2.05, 4.69) is 34.3 Å². The van der Waals surface area contributed by atoms with E-state index < -0.39 is 0 Å². The second-order valence-corrected chi connectivity index (χ2v) is 8.72. The number of ether oxygens (including phenoxy) is 1. The molecule has 0 unspecified atom stereocenters. The second kappa shape index (κ2) is 10.1. The lowest BCUT2D eigenvalue weighted by Crippen LogP contribution is -2.48. The van der Waals surface area contributed by atoms with Crippen LogP contribution in [0.25, 0.3) is 11.4 Å². The molecule has 9 heteroatoms. The highest BCUT2D eigenvalue weighted by atomic mass is 32.2. The number of aromatic nitrogens is 3. The van der Waals surface area contributed by atoms with Crippen molar-refractivity contribution in [2.24, 2.45) is 5.92 Å². The minimum atomic E-state index is -0.0699. The third-order valence-corrected chi connectivity index (χ3v) is 5.62. The number of benzene rings is 1. The molecule has 1 atom stereocenters. The van der Waals surface area contributed by atoms with Crippen molar-refractivity contribution in [2.45, 2.75) is 32.0 Å². The third-order valence-electron chi connectivity index (χ3n) is 4.68. The lowest BCUT2D eigenvalue weighted by molar-refractivity contribution is -0.119. The maximum Gasteiger partial charge on any atom is 0.230 e. The fourth-order valence-corrected chi connectivity index (χ4v) is 3.96. The van der Waals surface area contributed by atoms with Gasteiger partial charge in [0.05, 0.1) is 18.5 Å². The van der Waals surface area contributed by atoms with Crippen LogP contribution in [-0.4, -0.2) is 70.3 Å². The van der Waals surface area contributed by atoms with Crippen molar-refractivity contribution in [1.29, 1.82) is 0 Å². The summed E-state index contributed by atoms with van der Waals surface area (Å²) in [5, 5.41) is 11.7. The first-order chi connectivity index (χ1) is 13.9. The van der Waals surface area contributed by atoms with Crippen molar-refractivity contribution >= 4 is 17.7 Å². The van der Waals surface area contributed by atoms with Crippen LogP contribution in [0.4, 0.5) is 0 Å². The molecule has 1 aliphatic rings. The molecular formula is C20H30N6O2S. The molecule has 0 bridgehead atoms. The van der Waals surface area contributed by atoms with Crippen LogP contribution in [0.3, 0.4) is 0 Å². The van der Waals surface area contributed by atoms with Crippen molar-refractivity contribution in [3.8, 4) is 11.4 Å². The van der Waals surface area contributed by atoms with Crippen LogP contribution in [0.2, 0.25) is 0 Å². The van der Waals surface area contributed by atoms with Crippen LogP contribution in [-0.2, 0) is 9.53 Å². The molecule has 1 aliphatic heterocycles. The molecule has 29 heavy (non-hydrogen) atoms.